The second kappa shape index (κ2) is 10.1. The zero-order chi connectivity index (χ0) is 20.8. The lowest BCUT2D eigenvalue weighted by atomic mass is 10.1. The minimum absolute atomic E-state index is 1.05. The van der Waals surface area contributed by atoms with Crippen LogP contribution in [0.25, 0.3) is 21.8 Å². The van der Waals surface area contributed by atoms with Gasteiger partial charge in [0.05, 0.1) is 11.2 Å². The van der Waals surface area contributed by atoms with E-state index in [0.717, 1.165) is 37.7 Å². The fourth-order valence-corrected chi connectivity index (χ4v) is 4.34. The van der Waals surface area contributed by atoms with Crippen molar-refractivity contribution in [1.29, 1.82) is 0 Å². The van der Waals surface area contributed by atoms with Gasteiger partial charge in [0, 0.05) is 36.4 Å². The fourth-order valence-electron chi connectivity index (χ4n) is 4.34. The summed E-state index contributed by atoms with van der Waals surface area (Å²) >= 11 is 0. The Morgan fingerprint density at radius 2 is 1.66 bits per heavy atom. The Hall–Kier alpha value is -2.07. The van der Waals surface area contributed by atoms with E-state index in [9.17, 15) is 0 Å². The van der Waals surface area contributed by atoms with Gasteiger partial charge in [0.25, 0.3) is 0 Å². The van der Waals surface area contributed by atoms with Gasteiger partial charge in [-0.05, 0) is 58.0 Å². The van der Waals surface area contributed by atoms with Gasteiger partial charge in [0.15, 0.2) is 0 Å². The average Bonchev–Trinajstić information content (AvgIpc) is 3.06. The van der Waals surface area contributed by atoms with Gasteiger partial charge >= 0.3 is 0 Å². The van der Waals surface area contributed by atoms with Crippen molar-refractivity contribution in [2.24, 2.45) is 0 Å². The zero-order valence-corrected chi connectivity index (χ0v) is 19.0. The highest BCUT2D eigenvalue weighted by Gasteiger charge is 2.15. The van der Waals surface area contributed by atoms with E-state index in [1.807, 2.05) is 0 Å². The van der Waals surface area contributed by atoms with Crippen LogP contribution in [0.2, 0.25) is 0 Å². The van der Waals surface area contributed by atoms with Gasteiger partial charge in [0.1, 0.15) is 5.82 Å². The molecule has 0 amide bonds. The van der Waals surface area contributed by atoms with Gasteiger partial charge < -0.3 is 14.4 Å². The van der Waals surface area contributed by atoms with E-state index in [4.69, 9.17) is 4.98 Å². The number of nitrogens with zero attached hydrogens (tertiary/aromatic N) is 4. The predicted molar refractivity (Wildman–Crippen MR) is 127 cm³/mol. The van der Waals surface area contributed by atoms with Crippen molar-refractivity contribution in [3.05, 3.63) is 36.0 Å². The lowest BCUT2D eigenvalue weighted by molar-refractivity contribution is 0.297. The maximum Gasteiger partial charge on any atom is 0.129 e. The smallest absolute Gasteiger partial charge is 0.129 e. The highest BCUT2D eigenvalue weighted by Crippen LogP contribution is 2.33. The molecule has 158 valence electrons. The Balaban J connectivity index is 1.84. The minimum atomic E-state index is 1.05. The first-order valence-electron chi connectivity index (χ1n) is 11.4. The molecule has 4 nitrogen and oxygen atoms in total. The van der Waals surface area contributed by atoms with Crippen LogP contribution in [0.4, 0.5) is 5.82 Å². The van der Waals surface area contributed by atoms with Crippen LogP contribution in [0.15, 0.2) is 30.3 Å². The Labute approximate surface area is 176 Å². The molecule has 0 aliphatic rings. The number of fused-ring (bicyclic) bond motifs is 3. The first kappa shape index (κ1) is 21.6. The number of hydrogen-bond acceptors (Lipinski definition) is 3. The molecule has 0 fully saturated rings. The summed E-state index contributed by atoms with van der Waals surface area (Å²) in [5.74, 6) is 1.09. The molecule has 1 aromatic carbocycles. The van der Waals surface area contributed by atoms with Crippen molar-refractivity contribution >= 4 is 27.6 Å². The highest BCUT2D eigenvalue weighted by molar-refractivity contribution is 6.09. The maximum absolute atomic E-state index is 5.01. The molecule has 0 saturated carbocycles. The first-order valence-corrected chi connectivity index (χ1v) is 11.4. The monoisotopic (exact) mass is 394 g/mol. The number of aromatic nitrogens is 2. The molecule has 2 aromatic heterocycles. The second-order valence-corrected chi connectivity index (χ2v) is 8.14. The molecule has 29 heavy (non-hydrogen) atoms. The van der Waals surface area contributed by atoms with Crippen LogP contribution in [0.1, 0.15) is 52.1 Å². The fraction of sp³-hybridized carbons (Fsp3) is 0.560. The van der Waals surface area contributed by atoms with Crippen LogP contribution < -0.4 is 4.90 Å². The van der Waals surface area contributed by atoms with Crippen LogP contribution in [0.3, 0.4) is 0 Å². The lowest BCUT2D eigenvalue weighted by Gasteiger charge is -2.21. The largest absolute Gasteiger partial charge is 0.360 e. The van der Waals surface area contributed by atoms with Crippen molar-refractivity contribution in [2.45, 2.75) is 59.9 Å². The molecule has 0 unspecified atom stereocenters. The predicted octanol–water partition coefficient (Wildman–Crippen LogP) is 5.86. The van der Waals surface area contributed by atoms with Crippen LogP contribution in [0.5, 0.6) is 0 Å². The van der Waals surface area contributed by atoms with Gasteiger partial charge in [0.2, 0.25) is 0 Å². The third-order valence-electron chi connectivity index (χ3n) is 6.15. The summed E-state index contributed by atoms with van der Waals surface area (Å²) in [6.07, 6.45) is 4.84. The number of hydrogen-bond donors (Lipinski definition) is 0. The summed E-state index contributed by atoms with van der Waals surface area (Å²) in [6, 6.07) is 11.1. The molecule has 4 heteroatoms. The molecule has 3 aromatic rings. The number of para-hydroxylation sites is 1. The van der Waals surface area contributed by atoms with Crippen molar-refractivity contribution < 1.29 is 0 Å². The van der Waals surface area contributed by atoms with Crippen molar-refractivity contribution in [3.8, 4) is 0 Å². The minimum Gasteiger partial charge on any atom is -0.360 e. The molecule has 0 N–H and O–H groups in total. The third-order valence-corrected chi connectivity index (χ3v) is 6.15. The van der Waals surface area contributed by atoms with E-state index in [0.29, 0.717) is 0 Å². The van der Waals surface area contributed by atoms with E-state index in [1.54, 1.807) is 0 Å². The van der Waals surface area contributed by atoms with Gasteiger partial charge in [-0.1, -0.05) is 45.4 Å². The molecule has 0 bridgehead atoms. The third kappa shape index (κ3) is 4.75. The second-order valence-electron chi connectivity index (χ2n) is 8.14. The lowest BCUT2D eigenvalue weighted by Crippen LogP contribution is -2.25. The highest BCUT2D eigenvalue weighted by atomic mass is 15.2. The quantitative estimate of drug-likeness (QED) is 0.381. The van der Waals surface area contributed by atoms with Crippen molar-refractivity contribution in [2.75, 3.05) is 38.1 Å². The maximum atomic E-state index is 5.01. The van der Waals surface area contributed by atoms with Gasteiger partial charge in [-0.15, -0.1) is 0 Å². The summed E-state index contributed by atoms with van der Waals surface area (Å²) in [4.78, 5) is 9.83. The molecule has 3 rings (SSSR count). The van der Waals surface area contributed by atoms with Crippen LogP contribution in [0, 0.1) is 6.92 Å². The molecule has 0 aliphatic carbocycles. The molecule has 0 spiro atoms. The summed E-state index contributed by atoms with van der Waals surface area (Å²) in [5, 5.41) is 2.69. The first-order chi connectivity index (χ1) is 14.1. The average molecular weight is 395 g/mol. The summed E-state index contributed by atoms with van der Waals surface area (Å²) in [7, 11) is 2.18. The van der Waals surface area contributed by atoms with Gasteiger partial charge in [-0.25, -0.2) is 4.98 Å². The SMILES string of the molecule is CCCCn1c2ccccc2c2cc(N(C)CCCCN(CC)CC)nc(C)c21. The van der Waals surface area contributed by atoms with E-state index in [-0.39, 0.29) is 0 Å². The number of rotatable bonds is 11. The topological polar surface area (TPSA) is 24.3 Å². The Morgan fingerprint density at radius 3 is 2.38 bits per heavy atom. The molecule has 0 atom stereocenters. The Kier molecular flexibility index (Phi) is 7.54. The number of unbranched alkanes of at least 4 members (excludes halogenated alkanes) is 2. The Bertz CT molecular complexity index is 923. The standard InChI is InChI=1S/C25H38N4/c1-6-9-18-29-23-15-11-10-14-21(23)22-19-24(26-20(4)25(22)29)27(5)16-12-13-17-28(7-2)8-3/h10-11,14-15,19H,6-9,12-13,16-18H2,1-5H3. The molecule has 0 radical (unpaired) electrons. The molecular formula is C25H38N4. The summed E-state index contributed by atoms with van der Waals surface area (Å²) < 4.78 is 2.48. The zero-order valence-electron chi connectivity index (χ0n) is 19.0. The number of benzene rings is 1. The van der Waals surface area contributed by atoms with Gasteiger partial charge in [-0.3, -0.25) is 0 Å². The van der Waals surface area contributed by atoms with Crippen LogP contribution in [-0.2, 0) is 6.54 Å². The number of aryl methyl sites for hydroxylation is 2. The van der Waals surface area contributed by atoms with E-state index >= 15 is 0 Å². The summed E-state index contributed by atoms with van der Waals surface area (Å²) in [6.45, 7) is 14.5. The van der Waals surface area contributed by atoms with Gasteiger partial charge in [-0.2, -0.15) is 0 Å². The Morgan fingerprint density at radius 1 is 0.931 bits per heavy atom. The van der Waals surface area contributed by atoms with E-state index in [2.05, 4.69) is 79.4 Å². The molecule has 0 aliphatic heterocycles. The summed E-state index contributed by atoms with van der Waals surface area (Å²) in [5.41, 5.74) is 3.78. The molecule has 0 saturated heterocycles. The van der Waals surface area contributed by atoms with Crippen molar-refractivity contribution in [3.63, 3.8) is 0 Å². The molecular weight excluding hydrogens is 356 g/mol. The van der Waals surface area contributed by atoms with Crippen LogP contribution >= 0.6 is 0 Å². The number of anilines is 1. The molecule has 2 heterocycles. The van der Waals surface area contributed by atoms with E-state index < -0.39 is 0 Å². The number of pyridine rings is 1. The van der Waals surface area contributed by atoms with E-state index in [1.165, 1.54) is 54.0 Å². The van der Waals surface area contributed by atoms with Crippen molar-refractivity contribution in [1.82, 2.24) is 14.5 Å². The normalized spacial score (nSPS) is 11.8. The van der Waals surface area contributed by atoms with Crippen LogP contribution in [-0.4, -0.2) is 47.7 Å².